The standard InChI is InChI=1S/C11H9NO5/c13-9(7-4-2-1-3-5-7)16-6-8-10(14)17-11(15)12-8/h1-5,8H,6H2,(H,12,15)/t8-/m0/s1. The Kier molecular flexibility index (Phi) is 3.04. The summed E-state index contributed by atoms with van der Waals surface area (Å²) in [5.74, 6) is -1.30. The second kappa shape index (κ2) is 4.65. The van der Waals surface area contributed by atoms with E-state index < -0.39 is 24.1 Å². The van der Waals surface area contributed by atoms with E-state index in [1.807, 2.05) is 0 Å². The summed E-state index contributed by atoms with van der Waals surface area (Å²) in [4.78, 5) is 33.2. The van der Waals surface area contributed by atoms with Crippen molar-refractivity contribution in [2.24, 2.45) is 0 Å². The number of rotatable bonds is 3. The van der Waals surface area contributed by atoms with Gasteiger partial charge < -0.3 is 14.8 Å². The van der Waals surface area contributed by atoms with Crippen LogP contribution < -0.4 is 5.32 Å². The quantitative estimate of drug-likeness (QED) is 0.608. The topological polar surface area (TPSA) is 81.7 Å². The minimum atomic E-state index is -0.921. The summed E-state index contributed by atoms with van der Waals surface area (Å²) < 4.78 is 9.11. The smallest absolute Gasteiger partial charge is 0.415 e. The number of benzene rings is 1. The number of amides is 1. The third-order valence-electron chi connectivity index (χ3n) is 2.16. The van der Waals surface area contributed by atoms with Gasteiger partial charge in [-0.25, -0.2) is 14.4 Å². The number of nitrogens with one attached hydrogen (secondary N) is 1. The van der Waals surface area contributed by atoms with Crippen molar-refractivity contribution in [3.05, 3.63) is 35.9 Å². The van der Waals surface area contributed by atoms with Crippen LogP contribution in [0.1, 0.15) is 10.4 Å². The summed E-state index contributed by atoms with van der Waals surface area (Å²) in [6.45, 7) is -0.238. The number of hydrogen-bond donors (Lipinski definition) is 1. The Morgan fingerprint density at radius 1 is 1.29 bits per heavy atom. The van der Waals surface area contributed by atoms with Crippen molar-refractivity contribution in [3.8, 4) is 0 Å². The van der Waals surface area contributed by atoms with E-state index >= 15 is 0 Å². The van der Waals surface area contributed by atoms with Crippen molar-refractivity contribution in [2.75, 3.05) is 6.61 Å². The molecule has 0 bridgehead atoms. The van der Waals surface area contributed by atoms with Crippen molar-refractivity contribution in [3.63, 3.8) is 0 Å². The molecule has 0 aromatic heterocycles. The van der Waals surface area contributed by atoms with E-state index in [1.165, 1.54) is 0 Å². The first-order valence-corrected chi connectivity index (χ1v) is 4.91. The molecule has 1 aliphatic heterocycles. The van der Waals surface area contributed by atoms with Crippen LogP contribution in [0.3, 0.4) is 0 Å². The van der Waals surface area contributed by atoms with Gasteiger partial charge in [0.15, 0.2) is 6.04 Å². The molecule has 1 atom stereocenters. The summed E-state index contributed by atoms with van der Waals surface area (Å²) >= 11 is 0. The van der Waals surface area contributed by atoms with E-state index in [0.29, 0.717) is 5.56 Å². The highest BCUT2D eigenvalue weighted by Gasteiger charge is 2.33. The van der Waals surface area contributed by atoms with Crippen molar-refractivity contribution < 1.29 is 23.9 Å². The Morgan fingerprint density at radius 2 is 2.00 bits per heavy atom. The fourth-order valence-electron chi connectivity index (χ4n) is 1.32. The van der Waals surface area contributed by atoms with Crippen LogP contribution in [-0.4, -0.2) is 30.7 Å². The SMILES string of the molecule is O=C1N[C@@H](COC(=O)c2ccccc2)C(=O)O1. The van der Waals surface area contributed by atoms with Crippen molar-refractivity contribution in [2.45, 2.75) is 6.04 Å². The van der Waals surface area contributed by atoms with Crippen LogP contribution in [0.25, 0.3) is 0 Å². The molecule has 1 aliphatic rings. The maximum absolute atomic E-state index is 11.5. The van der Waals surface area contributed by atoms with Crippen molar-refractivity contribution in [1.82, 2.24) is 5.32 Å². The van der Waals surface area contributed by atoms with Gasteiger partial charge in [0.2, 0.25) is 0 Å². The molecule has 1 amide bonds. The Labute approximate surface area is 96.5 Å². The minimum Gasteiger partial charge on any atom is -0.459 e. The number of alkyl carbamates (subject to hydrolysis) is 1. The zero-order valence-electron chi connectivity index (χ0n) is 8.71. The van der Waals surface area contributed by atoms with Gasteiger partial charge in [0, 0.05) is 0 Å². The summed E-state index contributed by atoms with van der Waals surface area (Å²) in [5, 5.41) is 2.22. The van der Waals surface area contributed by atoms with Crippen molar-refractivity contribution in [1.29, 1.82) is 0 Å². The summed E-state index contributed by atoms with van der Waals surface area (Å²) in [6, 6.07) is 7.42. The summed E-state index contributed by atoms with van der Waals surface area (Å²) in [5.41, 5.74) is 0.380. The van der Waals surface area contributed by atoms with Gasteiger partial charge in [0.05, 0.1) is 5.56 Å². The van der Waals surface area contributed by atoms with Gasteiger partial charge in [-0.3, -0.25) is 0 Å². The molecule has 17 heavy (non-hydrogen) atoms. The Morgan fingerprint density at radius 3 is 2.59 bits per heavy atom. The second-order valence-corrected chi connectivity index (χ2v) is 3.37. The minimum absolute atomic E-state index is 0.238. The third kappa shape index (κ3) is 2.60. The average Bonchev–Trinajstić information content (AvgIpc) is 2.66. The molecule has 0 aliphatic carbocycles. The van der Waals surface area contributed by atoms with Gasteiger partial charge in [0.25, 0.3) is 0 Å². The molecule has 88 valence electrons. The highest BCUT2D eigenvalue weighted by atomic mass is 16.6. The molecule has 0 radical (unpaired) electrons. The Bertz CT molecular complexity index is 456. The number of hydrogen-bond acceptors (Lipinski definition) is 5. The lowest BCUT2D eigenvalue weighted by Crippen LogP contribution is -2.34. The van der Waals surface area contributed by atoms with Crippen LogP contribution in [0.15, 0.2) is 30.3 Å². The fraction of sp³-hybridized carbons (Fsp3) is 0.182. The van der Waals surface area contributed by atoms with Crippen LogP contribution in [0.4, 0.5) is 4.79 Å². The average molecular weight is 235 g/mol. The first-order valence-electron chi connectivity index (χ1n) is 4.91. The molecule has 0 spiro atoms. The van der Waals surface area contributed by atoms with E-state index in [0.717, 1.165) is 0 Å². The summed E-state index contributed by atoms with van der Waals surface area (Å²) in [7, 11) is 0. The van der Waals surface area contributed by atoms with Crippen LogP contribution in [-0.2, 0) is 14.3 Å². The molecule has 1 fully saturated rings. The first kappa shape index (κ1) is 11.1. The molecular formula is C11H9NO5. The lowest BCUT2D eigenvalue weighted by atomic mass is 10.2. The van der Waals surface area contributed by atoms with E-state index in [2.05, 4.69) is 10.1 Å². The normalized spacial score (nSPS) is 18.5. The van der Waals surface area contributed by atoms with Gasteiger partial charge >= 0.3 is 18.0 Å². The fourth-order valence-corrected chi connectivity index (χ4v) is 1.32. The monoisotopic (exact) mass is 235 g/mol. The van der Waals surface area contributed by atoms with Crippen LogP contribution >= 0.6 is 0 Å². The summed E-state index contributed by atoms with van der Waals surface area (Å²) in [6.07, 6.45) is -0.823. The predicted octanol–water partition coefficient (Wildman–Crippen LogP) is 0.478. The molecule has 0 unspecified atom stereocenters. The molecule has 2 rings (SSSR count). The van der Waals surface area contributed by atoms with Gasteiger partial charge in [0.1, 0.15) is 6.61 Å². The van der Waals surface area contributed by atoms with Crippen LogP contribution in [0.5, 0.6) is 0 Å². The number of carbonyl (C=O) groups is 3. The van der Waals surface area contributed by atoms with Crippen LogP contribution in [0.2, 0.25) is 0 Å². The molecule has 1 heterocycles. The Hall–Kier alpha value is -2.37. The molecule has 6 heteroatoms. The first-order chi connectivity index (χ1) is 8.16. The van der Waals surface area contributed by atoms with Gasteiger partial charge in [-0.15, -0.1) is 0 Å². The highest BCUT2D eigenvalue weighted by molar-refractivity contribution is 5.96. The number of carbonyl (C=O) groups excluding carboxylic acids is 3. The maximum Gasteiger partial charge on any atom is 0.415 e. The molecule has 1 N–H and O–H groups in total. The van der Waals surface area contributed by atoms with Gasteiger partial charge in [-0.05, 0) is 12.1 Å². The third-order valence-corrected chi connectivity index (χ3v) is 2.16. The van der Waals surface area contributed by atoms with Gasteiger partial charge in [-0.1, -0.05) is 18.2 Å². The number of ether oxygens (including phenoxy) is 2. The zero-order valence-corrected chi connectivity index (χ0v) is 8.71. The number of cyclic esters (lactones) is 2. The number of esters is 2. The van der Waals surface area contributed by atoms with E-state index in [1.54, 1.807) is 30.3 Å². The van der Waals surface area contributed by atoms with Crippen molar-refractivity contribution >= 4 is 18.0 Å². The van der Waals surface area contributed by atoms with E-state index in [-0.39, 0.29) is 6.61 Å². The molecule has 1 saturated heterocycles. The zero-order chi connectivity index (χ0) is 12.3. The van der Waals surface area contributed by atoms with E-state index in [4.69, 9.17) is 4.74 Å². The largest absolute Gasteiger partial charge is 0.459 e. The lowest BCUT2D eigenvalue weighted by Gasteiger charge is -2.07. The molecule has 0 saturated carbocycles. The van der Waals surface area contributed by atoms with Crippen LogP contribution in [0, 0.1) is 0 Å². The van der Waals surface area contributed by atoms with Gasteiger partial charge in [-0.2, -0.15) is 0 Å². The molecule has 6 nitrogen and oxygen atoms in total. The Balaban J connectivity index is 1.89. The molecular weight excluding hydrogens is 226 g/mol. The molecule has 1 aromatic rings. The maximum atomic E-state index is 11.5. The highest BCUT2D eigenvalue weighted by Crippen LogP contribution is 2.04. The van der Waals surface area contributed by atoms with E-state index in [9.17, 15) is 14.4 Å². The predicted molar refractivity (Wildman–Crippen MR) is 55.1 cm³/mol. The lowest BCUT2D eigenvalue weighted by molar-refractivity contribution is -0.136. The second-order valence-electron chi connectivity index (χ2n) is 3.37. The molecule has 1 aromatic carbocycles.